The van der Waals surface area contributed by atoms with Gasteiger partial charge in [0.25, 0.3) is 15.9 Å². The van der Waals surface area contributed by atoms with E-state index in [0.29, 0.717) is 9.87 Å². The highest BCUT2D eigenvalue weighted by molar-refractivity contribution is 7.90. The van der Waals surface area contributed by atoms with E-state index in [2.05, 4.69) is 5.32 Å². The lowest BCUT2D eigenvalue weighted by Crippen LogP contribution is -2.49. The van der Waals surface area contributed by atoms with Crippen molar-refractivity contribution in [1.82, 2.24) is 14.5 Å². The zero-order valence-electron chi connectivity index (χ0n) is 21.1. The Kier molecular flexibility index (Phi) is 7.81. The van der Waals surface area contributed by atoms with E-state index in [9.17, 15) is 27.2 Å². The summed E-state index contributed by atoms with van der Waals surface area (Å²) in [6.45, 7) is -0.772. The minimum Gasteiger partial charge on any atom is -0.351 e. The van der Waals surface area contributed by atoms with E-state index in [1.54, 1.807) is 12.1 Å². The molecule has 3 amide bonds. The van der Waals surface area contributed by atoms with E-state index in [1.807, 2.05) is 10.8 Å². The van der Waals surface area contributed by atoms with Crippen molar-refractivity contribution in [3.63, 3.8) is 0 Å². The van der Waals surface area contributed by atoms with E-state index < -0.39 is 46.1 Å². The van der Waals surface area contributed by atoms with E-state index in [1.165, 1.54) is 58.7 Å². The third-order valence-electron chi connectivity index (χ3n) is 7.14. The Bertz CT molecular complexity index is 1470. The van der Waals surface area contributed by atoms with Crippen LogP contribution in [-0.2, 0) is 26.2 Å². The van der Waals surface area contributed by atoms with E-state index in [4.69, 9.17) is 0 Å². The second-order valence-corrected chi connectivity index (χ2v) is 12.4. The number of nitrogens with one attached hydrogen (secondary N) is 1. The van der Waals surface area contributed by atoms with Gasteiger partial charge in [-0.3, -0.25) is 14.4 Å². The Morgan fingerprint density at radius 3 is 2.44 bits per heavy atom. The molecular formula is C28H28FN3O5S2. The number of thiophene rings is 1. The number of hydrogen-bond donors (Lipinski definition) is 1. The number of amides is 3. The van der Waals surface area contributed by atoms with Crippen LogP contribution in [0.2, 0.25) is 0 Å². The summed E-state index contributed by atoms with van der Waals surface area (Å²) in [5.74, 6) is -2.44. The van der Waals surface area contributed by atoms with Gasteiger partial charge in [0.2, 0.25) is 11.8 Å². The summed E-state index contributed by atoms with van der Waals surface area (Å²) in [5.41, 5.74) is 1.12. The minimum atomic E-state index is -4.24. The number of carbonyl (C=O) groups is 3. The van der Waals surface area contributed by atoms with Crippen molar-refractivity contribution in [3.05, 3.63) is 87.9 Å². The van der Waals surface area contributed by atoms with Gasteiger partial charge in [0.05, 0.1) is 5.56 Å². The number of carbonyl (C=O) groups excluding carboxylic acids is 3. The Balaban J connectivity index is 1.50. The molecule has 1 aromatic heterocycles. The molecule has 39 heavy (non-hydrogen) atoms. The Hall–Kier alpha value is -3.57. The van der Waals surface area contributed by atoms with Gasteiger partial charge >= 0.3 is 0 Å². The molecule has 1 aliphatic carbocycles. The zero-order chi connectivity index (χ0) is 27.6. The third-order valence-corrected chi connectivity index (χ3v) is 9.66. The predicted molar refractivity (Wildman–Crippen MR) is 144 cm³/mol. The van der Waals surface area contributed by atoms with Gasteiger partial charge < -0.3 is 10.2 Å². The largest absolute Gasteiger partial charge is 0.351 e. The second kappa shape index (κ2) is 11.3. The van der Waals surface area contributed by atoms with Crippen molar-refractivity contribution in [1.29, 1.82) is 0 Å². The molecule has 0 radical (unpaired) electrons. The van der Waals surface area contributed by atoms with Crippen LogP contribution in [0.3, 0.4) is 0 Å². The van der Waals surface area contributed by atoms with Crippen LogP contribution in [0.1, 0.15) is 59.6 Å². The minimum absolute atomic E-state index is 0.000175. The average molecular weight is 570 g/mol. The van der Waals surface area contributed by atoms with Crippen molar-refractivity contribution in [2.24, 2.45) is 0 Å². The molecule has 1 N–H and O–H groups in total. The van der Waals surface area contributed by atoms with Crippen molar-refractivity contribution in [3.8, 4) is 0 Å². The SMILES string of the molecule is O=C(NC1CCCCC1)C(c1ccc(F)cc1)N(Cc1ccsc1)C(=O)CN1C(=O)c2ccccc2S1(=O)=O. The first-order valence-electron chi connectivity index (χ1n) is 12.8. The van der Waals surface area contributed by atoms with Crippen LogP contribution in [0, 0.1) is 5.82 Å². The standard InChI is InChI=1S/C28H28FN3O5S2/c29-21-12-10-20(11-13-21)26(27(34)30-22-6-2-1-3-7-22)31(16-19-14-15-38-18-19)25(33)17-32-28(35)23-8-4-5-9-24(23)39(32,36)37/h4-5,8-15,18,22,26H,1-3,6-7,16-17H2,(H,30,34). The molecule has 1 unspecified atom stereocenters. The van der Waals surface area contributed by atoms with Gasteiger partial charge in [0.15, 0.2) is 0 Å². The summed E-state index contributed by atoms with van der Waals surface area (Å²) < 4.78 is 40.7. The Labute approximate surface area is 230 Å². The number of halogens is 1. The van der Waals surface area contributed by atoms with Gasteiger partial charge in [0, 0.05) is 12.6 Å². The fourth-order valence-electron chi connectivity index (χ4n) is 5.15. The first-order valence-corrected chi connectivity index (χ1v) is 15.2. The van der Waals surface area contributed by atoms with E-state index in [0.717, 1.165) is 37.7 Å². The molecule has 2 aliphatic rings. The van der Waals surface area contributed by atoms with Gasteiger partial charge in [-0.2, -0.15) is 11.3 Å². The quantitative estimate of drug-likeness (QED) is 0.437. The van der Waals surface area contributed by atoms with Crippen molar-refractivity contribution in [2.75, 3.05) is 6.54 Å². The molecule has 1 saturated carbocycles. The summed E-state index contributed by atoms with van der Waals surface area (Å²) in [5, 5.41) is 6.72. The topological polar surface area (TPSA) is 104 Å². The van der Waals surface area contributed by atoms with Crippen LogP contribution < -0.4 is 5.32 Å². The fourth-order valence-corrected chi connectivity index (χ4v) is 7.33. The maximum atomic E-state index is 13.9. The molecule has 11 heteroatoms. The van der Waals surface area contributed by atoms with Gasteiger partial charge in [-0.05, 0) is 65.1 Å². The van der Waals surface area contributed by atoms with Crippen LogP contribution in [0.25, 0.3) is 0 Å². The molecule has 0 saturated heterocycles. The maximum absolute atomic E-state index is 13.9. The van der Waals surface area contributed by atoms with Crippen LogP contribution in [-0.4, -0.2) is 47.9 Å². The van der Waals surface area contributed by atoms with Gasteiger partial charge in [-0.15, -0.1) is 0 Å². The zero-order valence-corrected chi connectivity index (χ0v) is 22.7. The highest BCUT2D eigenvalue weighted by atomic mass is 32.2. The summed E-state index contributed by atoms with van der Waals surface area (Å²) >= 11 is 1.42. The normalized spacial score (nSPS) is 17.5. The molecule has 1 aliphatic heterocycles. The van der Waals surface area contributed by atoms with E-state index in [-0.39, 0.29) is 23.0 Å². The molecule has 0 bridgehead atoms. The highest BCUT2D eigenvalue weighted by Gasteiger charge is 2.43. The summed E-state index contributed by atoms with van der Waals surface area (Å²) in [6, 6.07) is 11.7. The molecule has 5 rings (SSSR count). The van der Waals surface area contributed by atoms with E-state index >= 15 is 0 Å². The predicted octanol–water partition coefficient (Wildman–Crippen LogP) is 4.25. The molecule has 1 fully saturated rings. The first kappa shape index (κ1) is 27.0. The monoisotopic (exact) mass is 569 g/mol. The lowest BCUT2D eigenvalue weighted by Gasteiger charge is -2.34. The van der Waals surface area contributed by atoms with Crippen LogP contribution >= 0.6 is 11.3 Å². The molecule has 1 atom stereocenters. The maximum Gasteiger partial charge on any atom is 0.269 e. The summed E-state index contributed by atoms with van der Waals surface area (Å²) in [4.78, 5) is 41.8. The molecule has 8 nitrogen and oxygen atoms in total. The van der Waals surface area contributed by atoms with Crippen LogP contribution in [0.15, 0.2) is 70.3 Å². The average Bonchev–Trinajstić information content (AvgIpc) is 3.51. The summed E-state index contributed by atoms with van der Waals surface area (Å²) in [7, 11) is -4.24. The number of benzene rings is 2. The lowest BCUT2D eigenvalue weighted by atomic mass is 9.94. The number of hydrogen-bond acceptors (Lipinski definition) is 6. The number of sulfonamides is 1. The molecular weight excluding hydrogens is 541 g/mol. The van der Waals surface area contributed by atoms with Gasteiger partial charge in [0.1, 0.15) is 23.3 Å². The van der Waals surface area contributed by atoms with Crippen molar-refractivity contribution >= 4 is 39.1 Å². The van der Waals surface area contributed by atoms with Gasteiger partial charge in [-0.25, -0.2) is 17.1 Å². The summed E-state index contributed by atoms with van der Waals surface area (Å²) in [6.07, 6.45) is 4.70. The molecule has 2 aromatic carbocycles. The molecule has 3 aromatic rings. The van der Waals surface area contributed by atoms with Crippen LogP contribution in [0.5, 0.6) is 0 Å². The smallest absolute Gasteiger partial charge is 0.269 e. The van der Waals surface area contributed by atoms with Crippen LogP contribution in [0.4, 0.5) is 4.39 Å². The lowest BCUT2D eigenvalue weighted by molar-refractivity contribution is -0.141. The molecule has 204 valence electrons. The number of rotatable bonds is 8. The highest BCUT2D eigenvalue weighted by Crippen LogP contribution is 2.32. The van der Waals surface area contributed by atoms with Gasteiger partial charge in [-0.1, -0.05) is 43.5 Å². The van der Waals surface area contributed by atoms with Crippen molar-refractivity contribution < 1.29 is 27.2 Å². The third kappa shape index (κ3) is 5.60. The molecule has 2 heterocycles. The Morgan fingerprint density at radius 1 is 1.05 bits per heavy atom. The molecule has 0 spiro atoms. The number of fused-ring (bicyclic) bond motifs is 1. The second-order valence-electron chi connectivity index (χ2n) is 9.76. The fraction of sp³-hybridized carbons (Fsp3) is 0.321. The first-order chi connectivity index (χ1) is 18.8. The Morgan fingerprint density at radius 2 is 1.77 bits per heavy atom. The number of nitrogens with zero attached hydrogens (tertiary/aromatic N) is 2. The van der Waals surface area contributed by atoms with Crippen molar-refractivity contribution in [2.45, 2.75) is 55.6 Å².